The summed E-state index contributed by atoms with van der Waals surface area (Å²) in [6, 6.07) is 8.45. The van der Waals surface area contributed by atoms with Gasteiger partial charge in [-0.05, 0) is 38.5 Å². The number of ether oxygens (including phenoxy) is 2. The number of amides is 2. The van der Waals surface area contributed by atoms with Crippen molar-refractivity contribution in [2.75, 3.05) is 38.7 Å². The zero-order valence-electron chi connectivity index (χ0n) is 15.9. The van der Waals surface area contributed by atoms with Crippen molar-refractivity contribution in [2.24, 2.45) is 0 Å². The van der Waals surface area contributed by atoms with E-state index in [4.69, 9.17) is 14.0 Å². The molecule has 0 bridgehead atoms. The van der Waals surface area contributed by atoms with Crippen LogP contribution in [0.5, 0.6) is 5.75 Å². The summed E-state index contributed by atoms with van der Waals surface area (Å²) in [5.74, 6) is 0.886. The Hall–Kier alpha value is -2.87. The minimum Gasteiger partial charge on any atom is -0.497 e. The Kier molecular flexibility index (Phi) is 7.81. The molecular formula is C19H25N3O5. The Morgan fingerprint density at radius 2 is 2.11 bits per heavy atom. The van der Waals surface area contributed by atoms with Crippen LogP contribution in [0.4, 0.5) is 5.82 Å². The van der Waals surface area contributed by atoms with Crippen molar-refractivity contribution in [3.05, 3.63) is 41.7 Å². The molecule has 0 spiro atoms. The average molecular weight is 375 g/mol. The van der Waals surface area contributed by atoms with E-state index in [1.165, 1.54) is 12.0 Å². The molecule has 0 fully saturated rings. The third-order valence-corrected chi connectivity index (χ3v) is 3.75. The summed E-state index contributed by atoms with van der Waals surface area (Å²) in [7, 11) is 1.54. The number of aromatic nitrogens is 1. The maximum Gasteiger partial charge on any atom is 0.254 e. The molecule has 0 radical (unpaired) electrons. The van der Waals surface area contributed by atoms with Crippen molar-refractivity contribution in [3.63, 3.8) is 0 Å². The summed E-state index contributed by atoms with van der Waals surface area (Å²) in [4.78, 5) is 26.7. The van der Waals surface area contributed by atoms with E-state index in [0.29, 0.717) is 49.1 Å². The third-order valence-electron chi connectivity index (χ3n) is 3.75. The van der Waals surface area contributed by atoms with E-state index in [1.54, 1.807) is 37.3 Å². The number of hydrogen-bond acceptors (Lipinski definition) is 6. The van der Waals surface area contributed by atoms with E-state index in [0.717, 1.165) is 0 Å². The third kappa shape index (κ3) is 6.41. The monoisotopic (exact) mass is 375 g/mol. The molecule has 27 heavy (non-hydrogen) atoms. The highest BCUT2D eigenvalue weighted by molar-refractivity contribution is 5.99. The Morgan fingerprint density at radius 1 is 1.30 bits per heavy atom. The van der Waals surface area contributed by atoms with Crippen molar-refractivity contribution in [1.29, 1.82) is 0 Å². The van der Waals surface area contributed by atoms with Crippen LogP contribution in [0, 0.1) is 6.92 Å². The predicted molar refractivity (Wildman–Crippen MR) is 99.9 cm³/mol. The Labute approximate surface area is 158 Å². The number of nitrogens with one attached hydrogen (secondary N) is 1. The fraction of sp³-hybridized carbons (Fsp3) is 0.421. The highest BCUT2D eigenvalue weighted by Crippen LogP contribution is 2.15. The van der Waals surface area contributed by atoms with Crippen LogP contribution in [0.2, 0.25) is 0 Å². The number of carbonyl (C=O) groups excluding carboxylic acids is 2. The highest BCUT2D eigenvalue weighted by atomic mass is 16.5. The molecule has 0 aliphatic carbocycles. The molecule has 0 atom stereocenters. The van der Waals surface area contributed by atoms with Crippen molar-refractivity contribution in [3.8, 4) is 5.75 Å². The maximum atomic E-state index is 12.9. The van der Waals surface area contributed by atoms with Crippen molar-refractivity contribution in [1.82, 2.24) is 10.1 Å². The molecule has 8 nitrogen and oxygen atoms in total. The lowest BCUT2D eigenvalue weighted by Crippen LogP contribution is -2.39. The van der Waals surface area contributed by atoms with Crippen LogP contribution in [-0.4, -0.2) is 55.3 Å². The fourth-order valence-corrected chi connectivity index (χ4v) is 2.47. The molecule has 2 rings (SSSR count). The van der Waals surface area contributed by atoms with Gasteiger partial charge in [-0.3, -0.25) is 9.59 Å². The first-order valence-electron chi connectivity index (χ1n) is 8.77. The van der Waals surface area contributed by atoms with Crippen molar-refractivity contribution >= 4 is 17.6 Å². The quantitative estimate of drug-likeness (QED) is 0.641. The average Bonchev–Trinajstić information content (AvgIpc) is 3.08. The fourth-order valence-electron chi connectivity index (χ4n) is 2.47. The van der Waals surface area contributed by atoms with Crippen LogP contribution in [0.15, 0.2) is 34.9 Å². The second-order valence-corrected chi connectivity index (χ2v) is 5.88. The number of rotatable bonds is 10. The first-order chi connectivity index (χ1) is 13.0. The van der Waals surface area contributed by atoms with Gasteiger partial charge >= 0.3 is 0 Å². The minimum absolute atomic E-state index is 0.103. The normalized spacial score (nSPS) is 10.5. The Morgan fingerprint density at radius 3 is 2.78 bits per heavy atom. The minimum atomic E-state index is -0.351. The van der Waals surface area contributed by atoms with Gasteiger partial charge in [0.2, 0.25) is 5.91 Å². The zero-order chi connectivity index (χ0) is 19.6. The number of hydrogen-bond donors (Lipinski definition) is 1. The lowest BCUT2D eigenvalue weighted by molar-refractivity contribution is -0.117. The van der Waals surface area contributed by atoms with E-state index in [-0.39, 0.29) is 18.4 Å². The van der Waals surface area contributed by atoms with Gasteiger partial charge in [0, 0.05) is 31.4 Å². The summed E-state index contributed by atoms with van der Waals surface area (Å²) in [5, 5.41) is 6.36. The number of anilines is 1. The number of aryl methyl sites for hydroxylation is 1. The summed E-state index contributed by atoms with van der Waals surface area (Å²) < 4.78 is 15.4. The molecule has 0 saturated heterocycles. The number of nitrogens with zero attached hydrogens (tertiary/aromatic N) is 2. The van der Waals surface area contributed by atoms with Crippen LogP contribution in [-0.2, 0) is 9.53 Å². The SMILES string of the molecule is CCOCCCN(CC(=O)Nc1cc(C)on1)C(=O)c1cccc(OC)c1. The Bertz CT molecular complexity index is 759. The molecule has 0 unspecified atom stereocenters. The van der Waals surface area contributed by atoms with Gasteiger partial charge in [0.25, 0.3) is 5.91 Å². The van der Waals surface area contributed by atoms with Crippen LogP contribution in [0.25, 0.3) is 0 Å². The van der Waals surface area contributed by atoms with E-state index in [1.807, 2.05) is 6.92 Å². The van der Waals surface area contributed by atoms with Crippen molar-refractivity contribution < 1.29 is 23.6 Å². The molecule has 1 heterocycles. The van der Waals surface area contributed by atoms with Gasteiger partial charge in [-0.25, -0.2) is 0 Å². The van der Waals surface area contributed by atoms with Gasteiger partial charge in [-0.2, -0.15) is 0 Å². The van der Waals surface area contributed by atoms with Crippen LogP contribution in [0.1, 0.15) is 29.5 Å². The lowest BCUT2D eigenvalue weighted by Gasteiger charge is -2.22. The second kappa shape index (κ2) is 10.3. The molecule has 2 amide bonds. The van der Waals surface area contributed by atoms with Gasteiger partial charge in [-0.1, -0.05) is 11.2 Å². The molecule has 1 aromatic carbocycles. The van der Waals surface area contributed by atoms with Gasteiger partial charge in [0.15, 0.2) is 5.82 Å². The smallest absolute Gasteiger partial charge is 0.254 e. The van der Waals surface area contributed by atoms with E-state index >= 15 is 0 Å². The lowest BCUT2D eigenvalue weighted by atomic mass is 10.2. The molecular weight excluding hydrogens is 350 g/mol. The first kappa shape index (κ1) is 20.4. The topological polar surface area (TPSA) is 93.9 Å². The van der Waals surface area contributed by atoms with Crippen molar-refractivity contribution in [2.45, 2.75) is 20.3 Å². The van der Waals surface area contributed by atoms with E-state index in [2.05, 4.69) is 10.5 Å². The molecule has 0 saturated carbocycles. The number of carbonyl (C=O) groups is 2. The zero-order valence-corrected chi connectivity index (χ0v) is 15.9. The molecule has 1 aromatic heterocycles. The molecule has 1 N–H and O–H groups in total. The highest BCUT2D eigenvalue weighted by Gasteiger charge is 2.20. The molecule has 8 heteroatoms. The van der Waals surface area contributed by atoms with E-state index < -0.39 is 0 Å². The maximum absolute atomic E-state index is 12.9. The second-order valence-electron chi connectivity index (χ2n) is 5.88. The number of methoxy groups -OCH3 is 1. The first-order valence-corrected chi connectivity index (χ1v) is 8.77. The standard InChI is InChI=1S/C19H25N3O5/c1-4-26-10-6-9-22(13-18(23)20-17-11-14(2)27-21-17)19(24)15-7-5-8-16(12-15)25-3/h5,7-8,11-12H,4,6,9-10,13H2,1-3H3,(H,20,21,23). The van der Waals surface area contributed by atoms with Crippen LogP contribution in [0.3, 0.4) is 0 Å². The summed E-state index contributed by atoms with van der Waals surface area (Å²) in [6.07, 6.45) is 0.625. The molecule has 0 aliphatic rings. The molecule has 2 aromatic rings. The van der Waals surface area contributed by atoms with Gasteiger partial charge in [-0.15, -0.1) is 0 Å². The van der Waals surface area contributed by atoms with Crippen LogP contribution >= 0.6 is 0 Å². The largest absolute Gasteiger partial charge is 0.497 e. The summed E-state index contributed by atoms with van der Waals surface area (Å²) in [5.41, 5.74) is 0.454. The molecule has 146 valence electrons. The van der Waals surface area contributed by atoms with E-state index in [9.17, 15) is 9.59 Å². The number of benzene rings is 1. The summed E-state index contributed by atoms with van der Waals surface area (Å²) >= 11 is 0. The van der Waals surface area contributed by atoms with Gasteiger partial charge in [0.05, 0.1) is 7.11 Å². The molecule has 0 aliphatic heterocycles. The van der Waals surface area contributed by atoms with Gasteiger partial charge < -0.3 is 24.2 Å². The van der Waals surface area contributed by atoms with Crippen LogP contribution < -0.4 is 10.1 Å². The summed E-state index contributed by atoms with van der Waals surface area (Å²) in [6.45, 7) is 5.05. The Balaban J connectivity index is 2.06. The van der Waals surface area contributed by atoms with Gasteiger partial charge in [0.1, 0.15) is 18.1 Å². The predicted octanol–water partition coefficient (Wildman–Crippen LogP) is 2.50.